The van der Waals surface area contributed by atoms with Crippen LogP contribution in [0.2, 0.25) is 0 Å². The van der Waals surface area contributed by atoms with E-state index in [0.29, 0.717) is 26.4 Å². The van der Waals surface area contributed by atoms with Gasteiger partial charge in [0.2, 0.25) is 0 Å². The summed E-state index contributed by atoms with van der Waals surface area (Å²) in [6.07, 6.45) is 0. The first-order chi connectivity index (χ1) is 13.1. The molecule has 0 bridgehead atoms. The number of carbonyl (C=O) groups is 4. The molecule has 0 aromatic carbocycles. The molecule has 0 saturated carbocycles. The Kier molecular flexibility index (Phi) is 45.1. The Balaban J connectivity index is -0.0000000873. The zero-order valence-electron chi connectivity index (χ0n) is 17.1. The van der Waals surface area contributed by atoms with Crippen LogP contribution >= 0.6 is 0 Å². The van der Waals surface area contributed by atoms with Crippen LogP contribution in [0.1, 0.15) is 27.7 Å². The summed E-state index contributed by atoms with van der Waals surface area (Å²) >= 11 is 0. The van der Waals surface area contributed by atoms with Crippen LogP contribution in [-0.4, -0.2) is 104 Å². The number of ether oxygens (including phenoxy) is 4. The van der Waals surface area contributed by atoms with Crippen LogP contribution in [0, 0.1) is 0 Å². The molecule has 13 heteroatoms. The molecule has 0 aliphatic carbocycles. The van der Waals surface area contributed by atoms with Crippen molar-refractivity contribution in [2.75, 3.05) is 52.9 Å². The molecular weight excluding hydrogens is 591 g/mol. The standard InChI is InChI=1S/4C4H8O3.Pb/c4*1-2-7-3-4(5)6;/h4*2-3H2,1H3,(H,5,6);/p-4. The molecule has 0 saturated heterocycles. The summed E-state index contributed by atoms with van der Waals surface area (Å²) in [7, 11) is 0. The monoisotopic (exact) mass is 620 g/mol. The minimum Gasteiger partial charge on any atom is -0.548 e. The molecule has 0 atom stereocenters. The van der Waals surface area contributed by atoms with E-state index >= 15 is 0 Å². The Morgan fingerprint density at radius 3 is 0.655 bits per heavy atom. The van der Waals surface area contributed by atoms with E-state index in [1.54, 1.807) is 27.7 Å². The van der Waals surface area contributed by atoms with E-state index in [4.69, 9.17) is 0 Å². The average molecular weight is 620 g/mol. The Bertz CT molecular complexity index is 318. The maximum atomic E-state index is 9.52. The van der Waals surface area contributed by atoms with Crippen molar-refractivity contribution in [1.29, 1.82) is 0 Å². The summed E-state index contributed by atoms with van der Waals surface area (Å²) in [6, 6.07) is 0. The predicted octanol–water partition coefficient (Wildman–Crippen LogP) is -5.29. The van der Waals surface area contributed by atoms with Gasteiger partial charge in [-0.05, 0) is 27.7 Å². The Morgan fingerprint density at radius 1 is 0.483 bits per heavy atom. The summed E-state index contributed by atoms with van der Waals surface area (Å²) in [5.74, 6) is -4.66. The number of hydrogen-bond donors (Lipinski definition) is 0. The summed E-state index contributed by atoms with van der Waals surface area (Å²) < 4.78 is 17.7. The minimum atomic E-state index is -1.16. The molecular formula is C16H28O12Pb-4. The van der Waals surface area contributed by atoms with Crippen molar-refractivity contribution in [3.05, 3.63) is 0 Å². The van der Waals surface area contributed by atoms with Crippen molar-refractivity contribution >= 4 is 51.2 Å². The molecule has 0 amide bonds. The third kappa shape index (κ3) is 75.5. The minimum absolute atomic E-state index is 0. The van der Waals surface area contributed by atoms with E-state index in [2.05, 4.69) is 18.9 Å². The molecule has 0 aliphatic heterocycles. The molecule has 4 radical (unpaired) electrons. The Labute approximate surface area is 190 Å². The van der Waals surface area contributed by atoms with Crippen LogP contribution in [0.25, 0.3) is 0 Å². The molecule has 172 valence electrons. The van der Waals surface area contributed by atoms with E-state index in [1.165, 1.54) is 0 Å². The zero-order valence-corrected chi connectivity index (χ0v) is 20.9. The average Bonchev–Trinajstić information content (AvgIpc) is 2.62. The molecule has 0 unspecified atom stereocenters. The second-order valence-electron chi connectivity index (χ2n) is 4.04. The Morgan fingerprint density at radius 2 is 0.621 bits per heavy atom. The second-order valence-corrected chi connectivity index (χ2v) is 4.04. The molecule has 0 heterocycles. The van der Waals surface area contributed by atoms with Gasteiger partial charge in [0.25, 0.3) is 0 Å². The van der Waals surface area contributed by atoms with Crippen LogP contribution in [0.3, 0.4) is 0 Å². The van der Waals surface area contributed by atoms with Crippen molar-refractivity contribution < 1.29 is 58.6 Å². The van der Waals surface area contributed by atoms with Crippen LogP contribution in [0.15, 0.2) is 0 Å². The third-order valence-electron chi connectivity index (χ3n) is 1.70. The molecule has 0 N–H and O–H groups in total. The predicted molar refractivity (Wildman–Crippen MR) is 91.8 cm³/mol. The van der Waals surface area contributed by atoms with Crippen molar-refractivity contribution in [1.82, 2.24) is 0 Å². The maximum absolute atomic E-state index is 9.52. The largest absolute Gasteiger partial charge is 0.548 e. The van der Waals surface area contributed by atoms with Gasteiger partial charge in [-0.1, -0.05) is 0 Å². The van der Waals surface area contributed by atoms with E-state index < -0.39 is 23.9 Å². The SMILES string of the molecule is CCOCC(=O)[O-].CCOCC(=O)[O-].CCOCC(=O)[O-].CCOCC(=O)[O-].[Pb]. The fourth-order valence-corrected chi connectivity index (χ4v) is 0.742. The van der Waals surface area contributed by atoms with Crippen molar-refractivity contribution in [3.8, 4) is 0 Å². The van der Waals surface area contributed by atoms with Gasteiger partial charge in [-0.25, -0.2) is 0 Å². The molecule has 0 fully saturated rings. The third-order valence-corrected chi connectivity index (χ3v) is 1.70. The van der Waals surface area contributed by atoms with Gasteiger partial charge in [-0.3, -0.25) is 0 Å². The van der Waals surface area contributed by atoms with Gasteiger partial charge in [-0.2, -0.15) is 0 Å². The van der Waals surface area contributed by atoms with Gasteiger partial charge in [0.05, 0.1) is 50.3 Å². The maximum Gasteiger partial charge on any atom is 0.0861 e. The van der Waals surface area contributed by atoms with E-state index in [1.807, 2.05) is 0 Å². The van der Waals surface area contributed by atoms with Crippen molar-refractivity contribution in [2.24, 2.45) is 0 Å². The van der Waals surface area contributed by atoms with Crippen LogP contribution < -0.4 is 20.4 Å². The van der Waals surface area contributed by atoms with Crippen molar-refractivity contribution in [2.45, 2.75) is 27.7 Å². The van der Waals surface area contributed by atoms with Crippen LogP contribution in [-0.2, 0) is 38.1 Å². The quantitative estimate of drug-likeness (QED) is 0.188. The summed E-state index contributed by atoms with van der Waals surface area (Å²) in [4.78, 5) is 38.1. The van der Waals surface area contributed by atoms with Gasteiger partial charge in [0.1, 0.15) is 0 Å². The van der Waals surface area contributed by atoms with Gasteiger partial charge in [-0.15, -0.1) is 0 Å². The number of rotatable bonds is 12. The van der Waals surface area contributed by atoms with Crippen LogP contribution in [0.5, 0.6) is 0 Å². The van der Waals surface area contributed by atoms with Gasteiger partial charge in [0.15, 0.2) is 0 Å². The van der Waals surface area contributed by atoms with E-state index in [9.17, 15) is 39.6 Å². The fourth-order valence-electron chi connectivity index (χ4n) is 0.742. The van der Waals surface area contributed by atoms with Gasteiger partial charge < -0.3 is 58.6 Å². The summed E-state index contributed by atoms with van der Waals surface area (Å²) in [6.45, 7) is 7.42. The first kappa shape index (κ1) is 38.3. The van der Waals surface area contributed by atoms with Crippen LogP contribution in [0.4, 0.5) is 0 Å². The number of aliphatic carboxylic acids is 4. The van der Waals surface area contributed by atoms with E-state index in [-0.39, 0.29) is 53.7 Å². The number of carbonyl (C=O) groups excluding carboxylic acids is 4. The number of hydrogen-bond acceptors (Lipinski definition) is 12. The second kappa shape index (κ2) is 34.2. The summed E-state index contributed by atoms with van der Waals surface area (Å²) in [5.41, 5.74) is 0. The molecule has 29 heavy (non-hydrogen) atoms. The normalized spacial score (nSPS) is 8.41. The molecule has 0 aromatic rings. The van der Waals surface area contributed by atoms with Crippen molar-refractivity contribution in [3.63, 3.8) is 0 Å². The molecule has 0 aliphatic rings. The first-order valence-corrected chi connectivity index (χ1v) is 8.19. The topological polar surface area (TPSA) is 197 Å². The van der Waals surface area contributed by atoms with E-state index in [0.717, 1.165) is 0 Å². The molecule has 0 rings (SSSR count). The zero-order chi connectivity index (χ0) is 22.8. The molecule has 12 nitrogen and oxygen atoms in total. The number of carboxylic acids is 4. The van der Waals surface area contributed by atoms with Gasteiger partial charge in [0, 0.05) is 53.7 Å². The van der Waals surface area contributed by atoms with Gasteiger partial charge >= 0.3 is 0 Å². The Hall–Kier alpha value is -1.36. The number of carboxylic acid groups (broad SMARTS) is 4. The first-order valence-electron chi connectivity index (χ1n) is 8.19. The molecule has 0 spiro atoms. The summed E-state index contributed by atoms with van der Waals surface area (Å²) in [5, 5.41) is 38.1. The fraction of sp³-hybridized carbons (Fsp3) is 0.750. The molecule has 0 aromatic heterocycles. The smallest absolute Gasteiger partial charge is 0.0861 e.